The summed E-state index contributed by atoms with van der Waals surface area (Å²) in [7, 11) is 0. The molecule has 1 aromatic carbocycles. The number of thiazole rings is 1. The van der Waals surface area contributed by atoms with Gasteiger partial charge in [-0.3, -0.25) is 4.57 Å². The third kappa shape index (κ3) is 4.18. The van der Waals surface area contributed by atoms with E-state index in [-0.39, 0.29) is 0 Å². The average Bonchev–Trinajstić information content (AvgIpc) is 3.40. The molecule has 3 heterocycles. The fraction of sp³-hybridized carbons (Fsp3) is 0.273. The van der Waals surface area contributed by atoms with E-state index in [1.165, 1.54) is 11.3 Å². The summed E-state index contributed by atoms with van der Waals surface area (Å²) in [5, 5.41) is 6.30. The summed E-state index contributed by atoms with van der Waals surface area (Å²) < 4.78 is 1.80. The predicted octanol–water partition coefficient (Wildman–Crippen LogP) is 4.99. The molecular weight excluding hydrogens is 394 g/mol. The molecule has 0 aliphatic rings. The maximum Gasteiger partial charge on any atom is 0.234 e. The van der Waals surface area contributed by atoms with E-state index >= 15 is 0 Å². The minimum Gasteiger partial charge on any atom is -0.372 e. The van der Waals surface area contributed by atoms with Crippen LogP contribution in [0.25, 0.3) is 17.2 Å². The molecule has 7 nitrogen and oxygen atoms in total. The molecule has 8 heteroatoms. The van der Waals surface area contributed by atoms with Crippen LogP contribution in [0.15, 0.2) is 48.5 Å². The maximum absolute atomic E-state index is 4.71. The van der Waals surface area contributed by atoms with Crippen LogP contribution in [-0.2, 0) is 0 Å². The van der Waals surface area contributed by atoms with Crippen molar-refractivity contribution in [2.24, 2.45) is 0 Å². The van der Waals surface area contributed by atoms with E-state index in [9.17, 15) is 0 Å². The van der Waals surface area contributed by atoms with Crippen molar-refractivity contribution in [3.05, 3.63) is 59.8 Å². The van der Waals surface area contributed by atoms with E-state index in [0.717, 1.165) is 40.9 Å². The van der Waals surface area contributed by atoms with Crippen LogP contribution >= 0.6 is 11.3 Å². The van der Waals surface area contributed by atoms with E-state index in [0.29, 0.717) is 5.95 Å². The first-order valence-corrected chi connectivity index (χ1v) is 10.9. The third-order valence-corrected chi connectivity index (χ3v) is 5.72. The molecule has 30 heavy (non-hydrogen) atoms. The van der Waals surface area contributed by atoms with Gasteiger partial charge in [0.05, 0.1) is 11.4 Å². The molecule has 0 unspecified atom stereocenters. The summed E-state index contributed by atoms with van der Waals surface area (Å²) in [6.07, 6.45) is 7.19. The van der Waals surface area contributed by atoms with E-state index in [1.807, 2.05) is 18.5 Å². The lowest BCUT2D eigenvalue weighted by Gasteiger charge is -2.22. The van der Waals surface area contributed by atoms with Crippen molar-refractivity contribution in [3.8, 4) is 17.2 Å². The van der Waals surface area contributed by atoms with Crippen molar-refractivity contribution < 1.29 is 0 Å². The second kappa shape index (κ2) is 8.62. The molecule has 0 saturated heterocycles. The predicted molar refractivity (Wildman–Crippen MR) is 123 cm³/mol. The Hall–Kier alpha value is -3.26. The van der Waals surface area contributed by atoms with E-state index in [1.54, 1.807) is 34.6 Å². The Kier molecular flexibility index (Phi) is 5.76. The molecule has 0 saturated carbocycles. The fourth-order valence-corrected chi connectivity index (χ4v) is 4.00. The highest BCUT2D eigenvalue weighted by Crippen LogP contribution is 2.29. The Labute approximate surface area is 180 Å². The standard InChI is InChI=1S/C22H25N7S/c1-5-28(6-2)18-7-8-19(15(3)9-18)26-22-27-20(13-30-22)17-10-23-21(24-11-17)29-12-16(4)25-14-29/h7-14H,5-6H2,1-4H3,(H,26,27). The van der Waals surface area contributed by atoms with Gasteiger partial charge in [0, 0.05) is 54.0 Å². The number of rotatable bonds is 7. The van der Waals surface area contributed by atoms with Crippen molar-refractivity contribution in [3.63, 3.8) is 0 Å². The van der Waals surface area contributed by atoms with Crippen molar-refractivity contribution in [2.45, 2.75) is 27.7 Å². The second-order valence-corrected chi connectivity index (χ2v) is 7.89. The lowest BCUT2D eigenvalue weighted by molar-refractivity contribution is 0.866. The minimum atomic E-state index is 0.594. The van der Waals surface area contributed by atoms with Gasteiger partial charge in [-0.1, -0.05) is 0 Å². The summed E-state index contributed by atoms with van der Waals surface area (Å²) in [5.74, 6) is 0.594. The van der Waals surface area contributed by atoms with Crippen LogP contribution in [0.1, 0.15) is 25.1 Å². The topological polar surface area (TPSA) is 71.8 Å². The summed E-state index contributed by atoms with van der Waals surface area (Å²) in [6, 6.07) is 6.49. The van der Waals surface area contributed by atoms with Crippen LogP contribution in [0.5, 0.6) is 0 Å². The zero-order valence-corrected chi connectivity index (χ0v) is 18.4. The van der Waals surface area contributed by atoms with Crippen LogP contribution < -0.4 is 10.2 Å². The van der Waals surface area contributed by atoms with Crippen LogP contribution in [0.2, 0.25) is 0 Å². The maximum atomic E-state index is 4.71. The van der Waals surface area contributed by atoms with Crippen molar-refractivity contribution in [1.29, 1.82) is 0 Å². The first kappa shape index (κ1) is 20.0. The number of benzene rings is 1. The molecule has 0 spiro atoms. The quantitative estimate of drug-likeness (QED) is 0.455. The lowest BCUT2D eigenvalue weighted by Crippen LogP contribution is -2.21. The molecule has 0 radical (unpaired) electrons. The first-order chi connectivity index (χ1) is 14.6. The lowest BCUT2D eigenvalue weighted by atomic mass is 10.1. The van der Waals surface area contributed by atoms with Crippen LogP contribution in [0.4, 0.5) is 16.5 Å². The zero-order valence-electron chi connectivity index (χ0n) is 17.6. The smallest absolute Gasteiger partial charge is 0.234 e. The Morgan fingerprint density at radius 3 is 2.47 bits per heavy atom. The molecule has 0 bridgehead atoms. The van der Waals surface area contributed by atoms with E-state index < -0.39 is 0 Å². The molecule has 0 aliphatic carbocycles. The number of hydrogen-bond acceptors (Lipinski definition) is 7. The Morgan fingerprint density at radius 1 is 1.07 bits per heavy atom. The highest BCUT2D eigenvalue weighted by Gasteiger charge is 2.10. The van der Waals surface area contributed by atoms with Crippen LogP contribution in [0, 0.1) is 13.8 Å². The molecule has 4 aromatic rings. The van der Waals surface area contributed by atoms with Gasteiger partial charge in [-0.15, -0.1) is 11.3 Å². The van der Waals surface area contributed by atoms with Gasteiger partial charge in [0.15, 0.2) is 5.13 Å². The average molecular weight is 420 g/mol. The van der Waals surface area contributed by atoms with E-state index in [2.05, 4.69) is 64.1 Å². The highest BCUT2D eigenvalue weighted by atomic mass is 32.1. The number of aromatic nitrogens is 5. The van der Waals surface area contributed by atoms with E-state index in [4.69, 9.17) is 4.98 Å². The molecule has 0 fully saturated rings. The number of aryl methyl sites for hydroxylation is 2. The third-order valence-electron chi connectivity index (χ3n) is 4.96. The van der Waals surface area contributed by atoms with Gasteiger partial charge < -0.3 is 10.2 Å². The largest absolute Gasteiger partial charge is 0.372 e. The summed E-state index contributed by atoms with van der Waals surface area (Å²) in [6.45, 7) is 10.4. The van der Waals surface area contributed by atoms with Gasteiger partial charge in [-0.05, 0) is 51.5 Å². The summed E-state index contributed by atoms with van der Waals surface area (Å²) >= 11 is 1.57. The van der Waals surface area contributed by atoms with Crippen LogP contribution in [0.3, 0.4) is 0 Å². The molecule has 1 N–H and O–H groups in total. The fourth-order valence-electron chi connectivity index (χ4n) is 3.27. The molecule has 3 aromatic heterocycles. The first-order valence-electron chi connectivity index (χ1n) is 9.99. The number of anilines is 3. The molecule has 0 amide bonds. The van der Waals surface area contributed by atoms with Crippen LogP contribution in [-0.4, -0.2) is 37.6 Å². The van der Waals surface area contributed by atoms with Crippen molar-refractivity contribution in [1.82, 2.24) is 24.5 Å². The highest BCUT2D eigenvalue weighted by molar-refractivity contribution is 7.14. The van der Waals surface area contributed by atoms with Gasteiger partial charge >= 0.3 is 0 Å². The van der Waals surface area contributed by atoms with Gasteiger partial charge in [-0.2, -0.15) is 0 Å². The monoisotopic (exact) mass is 419 g/mol. The Bertz CT molecular complexity index is 1130. The molecular formula is C22H25N7S. The normalized spacial score (nSPS) is 10.9. The van der Waals surface area contributed by atoms with Gasteiger partial charge in [0.1, 0.15) is 6.33 Å². The van der Waals surface area contributed by atoms with Gasteiger partial charge in [0.25, 0.3) is 0 Å². The number of nitrogens with one attached hydrogen (secondary N) is 1. The number of imidazole rings is 1. The minimum absolute atomic E-state index is 0.594. The summed E-state index contributed by atoms with van der Waals surface area (Å²) in [4.78, 5) is 20.1. The Balaban J connectivity index is 1.49. The van der Waals surface area contributed by atoms with Gasteiger partial charge in [-0.25, -0.2) is 19.9 Å². The molecule has 0 atom stereocenters. The van der Waals surface area contributed by atoms with Crippen molar-refractivity contribution >= 4 is 27.8 Å². The Morgan fingerprint density at radius 2 is 1.83 bits per heavy atom. The van der Waals surface area contributed by atoms with Crippen molar-refractivity contribution in [2.75, 3.05) is 23.3 Å². The molecule has 0 aliphatic heterocycles. The van der Waals surface area contributed by atoms with Gasteiger partial charge in [0.2, 0.25) is 5.95 Å². The molecule has 154 valence electrons. The SMILES string of the molecule is CCN(CC)c1ccc(Nc2nc(-c3cnc(-n4cnc(C)c4)nc3)cs2)c(C)c1. The second-order valence-electron chi connectivity index (χ2n) is 7.03. The zero-order chi connectivity index (χ0) is 21.1. The number of nitrogens with zero attached hydrogens (tertiary/aromatic N) is 6. The molecule has 4 rings (SSSR count). The number of hydrogen-bond donors (Lipinski definition) is 1. The summed E-state index contributed by atoms with van der Waals surface area (Å²) in [5.41, 5.74) is 6.17.